The average molecular weight is 345 g/mol. The number of aldehydes is 1. The minimum Gasteiger partial charge on any atom is -0.344 e. The molecule has 114 valence electrons. The van der Waals surface area contributed by atoms with Gasteiger partial charge in [0.25, 0.3) is 0 Å². The van der Waals surface area contributed by atoms with Crippen LogP contribution in [0, 0.1) is 5.92 Å². The van der Waals surface area contributed by atoms with Gasteiger partial charge in [-0.3, -0.25) is 4.79 Å². The Morgan fingerprint density at radius 1 is 1.32 bits per heavy atom. The Hall–Kier alpha value is 0.500. The van der Waals surface area contributed by atoms with Crippen LogP contribution >= 0.6 is 43.2 Å². The summed E-state index contributed by atoms with van der Waals surface area (Å²) in [6.45, 7) is 4.47. The molecule has 0 rings (SSSR count). The second-order valence-electron chi connectivity index (χ2n) is 3.49. The smallest absolute Gasteiger partial charge is 0.224 e. The predicted octanol–water partition coefficient (Wildman–Crippen LogP) is 2.64. The molecular weight excluding hydrogens is 320 g/mol. The van der Waals surface area contributed by atoms with Crippen molar-refractivity contribution >= 4 is 55.4 Å². The van der Waals surface area contributed by atoms with E-state index in [0.717, 1.165) is 18.6 Å². The Morgan fingerprint density at radius 2 is 1.95 bits per heavy atom. The molecule has 0 aromatic heterocycles. The number of nitrogens with one attached hydrogen (secondary N) is 1. The van der Waals surface area contributed by atoms with E-state index in [4.69, 9.17) is 5.73 Å². The fraction of sp³-hybridized carbons (Fsp3) is 0.818. The van der Waals surface area contributed by atoms with Gasteiger partial charge in [-0.05, 0) is 19.4 Å². The number of hydrogen-bond acceptors (Lipinski definition) is 7. The van der Waals surface area contributed by atoms with Crippen molar-refractivity contribution < 1.29 is 9.59 Å². The predicted molar refractivity (Wildman–Crippen MR) is 93.6 cm³/mol. The lowest BCUT2D eigenvalue weighted by molar-refractivity contribution is -0.126. The zero-order valence-electron chi connectivity index (χ0n) is 11.9. The number of carbonyl (C=O) groups excluding carboxylic acids is 2. The molecule has 0 heterocycles. The third-order valence-electron chi connectivity index (χ3n) is 1.80. The van der Waals surface area contributed by atoms with Crippen LogP contribution in [0.15, 0.2) is 0 Å². The Bertz CT molecular complexity index is 229. The molecule has 0 spiro atoms. The first-order chi connectivity index (χ1) is 9.03. The number of amides is 1. The van der Waals surface area contributed by atoms with Crippen LogP contribution < -0.4 is 11.1 Å². The largest absolute Gasteiger partial charge is 0.344 e. The normalized spacial score (nSPS) is 12.9. The van der Waals surface area contributed by atoms with Crippen molar-refractivity contribution in [2.24, 2.45) is 11.7 Å². The van der Waals surface area contributed by atoms with Crippen molar-refractivity contribution in [3.05, 3.63) is 0 Å². The molecule has 2 atom stereocenters. The van der Waals surface area contributed by atoms with E-state index >= 15 is 0 Å². The summed E-state index contributed by atoms with van der Waals surface area (Å²) in [5.41, 5.74) is 5.18. The van der Waals surface area contributed by atoms with Crippen LogP contribution in [0.25, 0.3) is 0 Å². The fourth-order valence-corrected chi connectivity index (χ4v) is 3.41. The minimum absolute atomic E-state index is 0.0545. The molecule has 2 unspecified atom stereocenters. The van der Waals surface area contributed by atoms with Crippen molar-refractivity contribution in [2.45, 2.75) is 25.6 Å². The summed E-state index contributed by atoms with van der Waals surface area (Å²) in [5, 5.41) is 2.90. The third-order valence-corrected chi connectivity index (χ3v) is 5.69. The molecule has 0 fully saturated rings. The highest BCUT2D eigenvalue weighted by Gasteiger charge is 2.14. The van der Waals surface area contributed by atoms with Crippen molar-refractivity contribution in [3.8, 4) is 0 Å². The Labute approximate surface area is 132 Å². The Kier molecular flexibility index (Phi) is 19.0. The highest BCUT2D eigenvalue weighted by Crippen LogP contribution is 2.21. The van der Waals surface area contributed by atoms with Gasteiger partial charge in [0, 0.05) is 24.6 Å². The summed E-state index contributed by atoms with van der Waals surface area (Å²) in [4.78, 5) is 21.5. The highest BCUT2D eigenvalue weighted by molar-refractivity contribution is 8.76. The zero-order valence-corrected chi connectivity index (χ0v) is 15.1. The summed E-state index contributed by atoms with van der Waals surface area (Å²) in [7, 11) is 6.76. The second-order valence-corrected chi connectivity index (χ2v) is 8.99. The SMILES string of the molecule is CSSC(C)NC(=O)C(C)CC=O.CSSCCN. The van der Waals surface area contributed by atoms with E-state index in [9.17, 15) is 9.59 Å². The lowest BCUT2D eigenvalue weighted by Crippen LogP contribution is -2.34. The maximum Gasteiger partial charge on any atom is 0.224 e. The molecule has 0 aliphatic rings. The van der Waals surface area contributed by atoms with E-state index in [1.807, 2.05) is 13.2 Å². The summed E-state index contributed by atoms with van der Waals surface area (Å²) in [5.74, 6) is 0.796. The van der Waals surface area contributed by atoms with Gasteiger partial charge in [-0.25, -0.2) is 0 Å². The fourth-order valence-electron chi connectivity index (χ4n) is 0.894. The number of nitrogens with two attached hydrogens (primary N) is 1. The van der Waals surface area contributed by atoms with E-state index in [1.165, 1.54) is 0 Å². The standard InChI is InChI=1S/C8H15NO2S2.C3H9NS2/c1-6(4-5-10)8(11)9-7(2)13-12-3;1-5-6-3-2-4/h5-7H,4H2,1-3H3,(H,9,11);2-4H2,1H3. The van der Waals surface area contributed by atoms with Crippen LogP contribution in [0.4, 0.5) is 0 Å². The van der Waals surface area contributed by atoms with E-state index in [2.05, 4.69) is 11.6 Å². The Morgan fingerprint density at radius 3 is 2.32 bits per heavy atom. The molecule has 4 nitrogen and oxygen atoms in total. The third kappa shape index (κ3) is 16.4. The van der Waals surface area contributed by atoms with Gasteiger partial charge in [0.2, 0.25) is 5.91 Å². The molecule has 0 bridgehead atoms. The van der Waals surface area contributed by atoms with Gasteiger partial charge in [-0.15, -0.1) is 0 Å². The first-order valence-corrected chi connectivity index (χ1v) is 11.2. The monoisotopic (exact) mass is 344 g/mol. The first kappa shape index (κ1) is 21.8. The van der Waals surface area contributed by atoms with Gasteiger partial charge >= 0.3 is 0 Å². The molecule has 0 saturated carbocycles. The topological polar surface area (TPSA) is 72.2 Å². The molecule has 0 aromatic carbocycles. The molecule has 0 aliphatic carbocycles. The van der Waals surface area contributed by atoms with Gasteiger partial charge in [-0.2, -0.15) is 0 Å². The van der Waals surface area contributed by atoms with Crippen LogP contribution in [-0.2, 0) is 9.59 Å². The van der Waals surface area contributed by atoms with E-state index in [-0.39, 0.29) is 17.2 Å². The number of carbonyl (C=O) groups is 2. The average Bonchev–Trinajstić information content (AvgIpc) is 2.37. The van der Waals surface area contributed by atoms with Crippen LogP contribution in [-0.4, -0.2) is 42.4 Å². The molecule has 8 heteroatoms. The molecule has 19 heavy (non-hydrogen) atoms. The van der Waals surface area contributed by atoms with Gasteiger partial charge in [0.1, 0.15) is 6.29 Å². The van der Waals surface area contributed by atoms with Crippen molar-refractivity contribution in [1.82, 2.24) is 5.32 Å². The second kappa shape index (κ2) is 16.6. The highest BCUT2D eigenvalue weighted by atomic mass is 33.1. The van der Waals surface area contributed by atoms with Gasteiger partial charge in [0.05, 0.1) is 5.37 Å². The van der Waals surface area contributed by atoms with Crippen molar-refractivity contribution in [3.63, 3.8) is 0 Å². The molecule has 1 amide bonds. The minimum atomic E-state index is -0.220. The summed E-state index contributed by atoms with van der Waals surface area (Å²) < 4.78 is 0. The van der Waals surface area contributed by atoms with E-state index in [0.29, 0.717) is 6.42 Å². The van der Waals surface area contributed by atoms with Crippen molar-refractivity contribution in [2.75, 3.05) is 24.8 Å². The quantitative estimate of drug-likeness (QED) is 0.288. The molecule has 0 aliphatic heterocycles. The maximum atomic E-state index is 11.3. The number of hydrogen-bond donors (Lipinski definition) is 2. The number of rotatable bonds is 9. The first-order valence-electron chi connectivity index (χ1n) is 5.82. The molecule has 0 saturated heterocycles. The van der Waals surface area contributed by atoms with Crippen LogP contribution in [0.3, 0.4) is 0 Å². The van der Waals surface area contributed by atoms with Gasteiger partial charge in [-0.1, -0.05) is 50.1 Å². The summed E-state index contributed by atoms with van der Waals surface area (Å²) >= 11 is 0. The van der Waals surface area contributed by atoms with Crippen LogP contribution in [0.5, 0.6) is 0 Å². The molecular formula is C11H24N2O2S4. The lowest BCUT2D eigenvalue weighted by Gasteiger charge is -2.14. The van der Waals surface area contributed by atoms with E-state index < -0.39 is 0 Å². The van der Waals surface area contributed by atoms with Gasteiger partial charge < -0.3 is 15.8 Å². The molecule has 0 radical (unpaired) electrons. The zero-order chi connectivity index (χ0) is 15.1. The summed E-state index contributed by atoms with van der Waals surface area (Å²) in [6.07, 6.45) is 5.08. The van der Waals surface area contributed by atoms with Crippen molar-refractivity contribution in [1.29, 1.82) is 0 Å². The Balaban J connectivity index is 0. The van der Waals surface area contributed by atoms with Crippen LogP contribution in [0.2, 0.25) is 0 Å². The maximum absolute atomic E-state index is 11.3. The summed E-state index contributed by atoms with van der Waals surface area (Å²) in [6, 6.07) is 0. The van der Waals surface area contributed by atoms with E-state index in [1.54, 1.807) is 50.1 Å². The van der Waals surface area contributed by atoms with Gasteiger partial charge in [0.15, 0.2) is 0 Å². The van der Waals surface area contributed by atoms with Crippen LogP contribution in [0.1, 0.15) is 20.3 Å². The molecule has 0 aromatic rings. The lowest BCUT2D eigenvalue weighted by atomic mass is 10.1. The molecule has 3 N–H and O–H groups in total.